The van der Waals surface area contributed by atoms with Gasteiger partial charge in [-0.25, -0.2) is 13.6 Å². The third kappa shape index (κ3) is 3.88. The van der Waals surface area contributed by atoms with Gasteiger partial charge in [0.15, 0.2) is 17.3 Å². The third-order valence-electron chi connectivity index (χ3n) is 6.00. The summed E-state index contributed by atoms with van der Waals surface area (Å²) in [6.45, 7) is 0.192. The van der Waals surface area contributed by atoms with Crippen molar-refractivity contribution in [1.29, 1.82) is 0 Å². The number of amides is 1. The fourth-order valence-electron chi connectivity index (χ4n) is 4.65. The van der Waals surface area contributed by atoms with Crippen LogP contribution in [0.3, 0.4) is 0 Å². The van der Waals surface area contributed by atoms with Crippen LogP contribution in [0.4, 0.5) is 13.6 Å². The van der Waals surface area contributed by atoms with Crippen LogP contribution in [0.2, 0.25) is 0 Å². The van der Waals surface area contributed by atoms with Crippen molar-refractivity contribution in [1.82, 2.24) is 4.90 Å². The molecule has 0 aliphatic carbocycles. The first-order chi connectivity index (χ1) is 14.5. The van der Waals surface area contributed by atoms with Gasteiger partial charge in [-0.1, -0.05) is 30.3 Å². The van der Waals surface area contributed by atoms with Crippen molar-refractivity contribution in [3.63, 3.8) is 0 Å². The number of ketones is 1. The molecule has 2 aliphatic heterocycles. The summed E-state index contributed by atoms with van der Waals surface area (Å²) in [6.07, 6.45) is 2.06. The van der Waals surface area contributed by atoms with Crippen molar-refractivity contribution in [2.45, 2.75) is 44.4 Å². The van der Waals surface area contributed by atoms with Crippen LogP contribution in [0.25, 0.3) is 0 Å². The first-order valence-corrected chi connectivity index (χ1v) is 10.0. The number of nitrogens with zero attached hydrogens (tertiary/aromatic N) is 1. The van der Waals surface area contributed by atoms with E-state index in [4.69, 9.17) is 9.47 Å². The highest BCUT2D eigenvalue weighted by Gasteiger charge is 2.46. The molecule has 4 rings (SSSR count). The van der Waals surface area contributed by atoms with E-state index < -0.39 is 17.6 Å². The highest BCUT2D eigenvalue weighted by molar-refractivity contribution is 6.00. The zero-order valence-corrected chi connectivity index (χ0v) is 16.6. The molecular formula is C23H23F2NO4. The van der Waals surface area contributed by atoms with E-state index in [1.165, 1.54) is 7.11 Å². The molecule has 2 saturated heterocycles. The second kappa shape index (κ2) is 8.42. The van der Waals surface area contributed by atoms with E-state index in [0.29, 0.717) is 18.9 Å². The lowest BCUT2D eigenvalue weighted by Gasteiger charge is -2.37. The Morgan fingerprint density at radius 3 is 2.37 bits per heavy atom. The number of hydrogen-bond acceptors (Lipinski definition) is 4. The molecule has 2 aromatic rings. The number of fused-ring (bicyclic) bond motifs is 2. The molecule has 0 spiro atoms. The number of piperidine rings is 1. The van der Waals surface area contributed by atoms with Gasteiger partial charge in [0.05, 0.1) is 12.7 Å². The van der Waals surface area contributed by atoms with Gasteiger partial charge in [0.1, 0.15) is 12.4 Å². The van der Waals surface area contributed by atoms with Gasteiger partial charge < -0.3 is 14.4 Å². The van der Waals surface area contributed by atoms with Crippen molar-refractivity contribution in [2.24, 2.45) is 5.92 Å². The maximum absolute atomic E-state index is 14.0. The Morgan fingerprint density at radius 1 is 1.07 bits per heavy atom. The van der Waals surface area contributed by atoms with Gasteiger partial charge in [-0.3, -0.25) is 4.79 Å². The lowest BCUT2D eigenvalue weighted by Crippen LogP contribution is -2.48. The summed E-state index contributed by atoms with van der Waals surface area (Å²) in [6, 6.07) is 10.9. The number of halogens is 2. The Hall–Kier alpha value is -2.96. The molecule has 2 aromatic carbocycles. The summed E-state index contributed by atoms with van der Waals surface area (Å²) in [4.78, 5) is 27.4. The summed E-state index contributed by atoms with van der Waals surface area (Å²) in [5, 5.41) is 0. The van der Waals surface area contributed by atoms with E-state index >= 15 is 0 Å². The molecule has 2 aliphatic rings. The number of hydrogen-bond donors (Lipinski definition) is 0. The second-order valence-electron chi connectivity index (χ2n) is 7.83. The van der Waals surface area contributed by atoms with E-state index in [2.05, 4.69) is 0 Å². The van der Waals surface area contributed by atoms with Gasteiger partial charge in [0, 0.05) is 24.1 Å². The summed E-state index contributed by atoms with van der Waals surface area (Å²) in [5.41, 5.74) is 0.822. The Morgan fingerprint density at radius 2 is 1.73 bits per heavy atom. The van der Waals surface area contributed by atoms with Gasteiger partial charge >= 0.3 is 6.09 Å². The molecule has 2 heterocycles. The molecule has 0 radical (unpaired) electrons. The number of Topliss-reactive ketones (excluding diaryl/α,β-unsaturated/α-hetero) is 1. The molecule has 5 nitrogen and oxygen atoms in total. The Kier molecular flexibility index (Phi) is 5.70. The van der Waals surface area contributed by atoms with E-state index in [-0.39, 0.29) is 41.9 Å². The molecular weight excluding hydrogens is 392 g/mol. The molecule has 0 N–H and O–H groups in total. The average Bonchev–Trinajstić information content (AvgIpc) is 3.01. The van der Waals surface area contributed by atoms with Gasteiger partial charge in [-0.15, -0.1) is 0 Å². The highest BCUT2D eigenvalue weighted by Crippen LogP contribution is 2.41. The van der Waals surface area contributed by atoms with Crippen LogP contribution >= 0.6 is 0 Å². The molecule has 0 saturated carbocycles. The SMILES string of the molecule is COc1c(F)cc(F)cc1C(=O)C1CC2CCC(C1)N2C(=O)OCc1ccccc1. The molecule has 7 heteroatoms. The summed E-state index contributed by atoms with van der Waals surface area (Å²) >= 11 is 0. The first-order valence-electron chi connectivity index (χ1n) is 10.0. The number of carbonyl (C=O) groups is 2. The van der Waals surface area contributed by atoms with Crippen LogP contribution < -0.4 is 4.74 Å². The van der Waals surface area contributed by atoms with Crippen molar-refractivity contribution in [2.75, 3.05) is 7.11 Å². The number of methoxy groups -OCH3 is 1. The monoisotopic (exact) mass is 415 g/mol. The molecule has 30 heavy (non-hydrogen) atoms. The minimum atomic E-state index is -0.897. The highest BCUT2D eigenvalue weighted by atomic mass is 19.1. The molecule has 2 bridgehead atoms. The number of carbonyl (C=O) groups excluding carboxylic acids is 2. The maximum Gasteiger partial charge on any atom is 0.410 e. The number of benzene rings is 2. The van der Waals surface area contributed by atoms with Gasteiger partial charge in [-0.2, -0.15) is 0 Å². The second-order valence-corrected chi connectivity index (χ2v) is 7.83. The summed E-state index contributed by atoms with van der Waals surface area (Å²) in [5.74, 6) is -2.72. The van der Waals surface area contributed by atoms with E-state index in [0.717, 1.165) is 24.5 Å². The number of ether oxygens (including phenoxy) is 2. The third-order valence-corrected chi connectivity index (χ3v) is 6.00. The zero-order chi connectivity index (χ0) is 21.3. The van der Waals surface area contributed by atoms with Gasteiger partial charge in [-0.05, 0) is 37.3 Å². The topological polar surface area (TPSA) is 55.8 Å². The predicted molar refractivity (Wildman–Crippen MR) is 105 cm³/mol. The standard InChI is InChI=1S/C23H23F2NO4/c1-29-22-19(11-16(24)12-20(22)25)21(27)15-9-17-7-8-18(10-15)26(17)23(28)30-13-14-5-3-2-4-6-14/h2-6,11-12,15,17-18H,7-10,13H2,1H3. The minimum Gasteiger partial charge on any atom is -0.493 e. The molecule has 0 aromatic heterocycles. The lowest BCUT2D eigenvalue weighted by atomic mass is 9.84. The predicted octanol–water partition coefficient (Wildman–Crippen LogP) is 4.74. The molecule has 2 atom stereocenters. The Labute approximate surface area is 173 Å². The summed E-state index contributed by atoms with van der Waals surface area (Å²) < 4.78 is 38.2. The van der Waals surface area contributed by atoms with Gasteiger partial charge in [0.25, 0.3) is 0 Å². The van der Waals surface area contributed by atoms with Crippen LogP contribution in [0, 0.1) is 17.6 Å². The van der Waals surface area contributed by atoms with Crippen LogP contribution in [-0.2, 0) is 11.3 Å². The normalized spacial score (nSPS) is 22.6. The lowest BCUT2D eigenvalue weighted by molar-refractivity contribution is 0.0483. The fourth-order valence-corrected chi connectivity index (χ4v) is 4.65. The van der Waals surface area contributed by atoms with Crippen molar-refractivity contribution < 1.29 is 27.8 Å². The van der Waals surface area contributed by atoms with Crippen molar-refractivity contribution in [3.8, 4) is 5.75 Å². The zero-order valence-electron chi connectivity index (χ0n) is 16.6. The van der Waals surface area contributed by atoms with E-state index in [1.54, 1.807) is 4.90 Å². The van der Waals surface area contributed by atoms with Gasteiger partial charge in [0.2, 0.25) is 0 Å². The molecule has 2 unspecified atom stereocenters. The molecule has 158 valence electrons. The van der Waals surface area contributed by atoms with E-state index in [1.807, 2.05) is 30.3 Å². The van der Waals surface area contributed by atoms with Crippen molar-refractivity contribution in [3.05, 3.63) is 65.2 Å². The van der Waals surface area contributed by atoms with E-state index in [9.17, 15) is 18.4 Å². The van der Waals surface area contributed by atoms with Crippen LogP contribution in [0.1, 0.15) is 41.6 Å². The Balaban J connectivity index is 1.45. The Bertz CT molecular complexity index is 936. The molecule has 2 fully saturated rings. The smallest absolute Gasteiger partial charge is 0.410 e. The molecule has 1 amide bonds. The minimum absolute atomic E-state index is 0.0838. The van der Waals surface area contributed by atoms with Crippen LogP contribution in [-0.4, -0.2) is 36.0 Å². The number of rotatable bonds is 5. The first kappa shape index (κ1) is 20.3. The fraction of sp³-hybridized carbons (Fsp3) is 0.391. The average molecular weight is 415 g/mol. The van der Waals surface area contributed by atoms with Crippen LogP contribution in [0.15, 0.2) is 42.5 Å². The van der Waals surface area contributed by atoms with Crippen LogP contribution in [0.5, 0.6) is 5.75 Å². The maximum atomic E-state index is 14.0. The summed E-state index contributed by atoms with van der Waals surface area (Å²) in [7, 11) is 1.25. The largest absolute Gasteiger partial charge is 0.493 e. The quantitative estimate of drug-likeness (QED) is 0.662. The van der Waals surface area contributed by atoms with Crippen molar-refractivity contribution >= 4 is 11.9 Å².